The predicted octanol–water partition coefficient (Wildman–Crippen LogP) is 6.99. The van der Waals surface area contributed by atoms with E-state index in [1.165, 1.54) is 0 Å². The van der Waals surface area contributed by atoms with Gasteiger partial charge < -0.3 is 26.6 Å². The molecule has 6 nitrogen and oxygen atoms in total. The van der Waals surface area contributed by atoms with Crippen LogP contribution in [-0.4, -0.2) is 62.4 Å². The van der Waals surface area contributed by atoms with E-state index >= 15 is 0 Å². The first-order valence-corrected chi connectivity index (χ1v) is 22.3. The number of rotatable bonds is 20. The summed E-state index contributed by atoms with van der Waals surface area (Å²) in [5.74, 6) is 0. The number of unbranched alkanes of at least 4 members (excludes halogenated alkanes) is 5. The van der Waals surface area contributed by atoms with Gasteiger partial charge in [0.05, 0.1) is 5.60 Å². The fourth-order valence-electron chi connectivity index (χ4n) is 4.53. The van der Waals surface area contributed by atoms with Crippen LogP contribution in [-0.2, 0) is 26.6 Å². The van der Waals surface area contributed by atoms with Crippen molar-refractivity contribution in [1.29, 1.82) is 0 Å². The van der Waals surface area contributed by atoms with E-state index in [-0.39, 0.29) is 0 Å². The molecule has 0 aliphatic carbocycles. The van der Waals surface area contributed by atoms with Crippen molar-refractivity contribution in [2.24, 2.45) is 0 Å². The smallest absolute Gasteiger partial charge is 0.394 e. The van der Waals surface area contributed by atoms with E-state index in [2.05, 4.69) is 55.0 Å². The van der Waals surface area contributed by atoms with E-state index in [4.69, 9.17) is 26.6 Å². The highest BCUT2D eigenvalue weighted by Gasteiger charge is 2.82. The van der Waals surface area contributed by atoms with E-state index in [0.29, 0.717) is 33.0 Å². The van der Waals surface area contributed by atoms with Gasteiger partial charge >= 0.3 is 23.8 Å². The molecular weight excluding hydrogens is 481 g/mol. The lowest BCUT2D eigenvalue weighted by Gasteiger charge is -2.57. The Balaban J connectivity index is 3.64. The van der Waals surface area contributed by atoms with E-state index in [0.717, 1.165) is 70.3 Å². The zero-order valence-electron chi connectivity index (χ0n) is 23.8. The van der Waals surface area contributed by atoms with Crippen LogP contribution in [0.2, 0.25) is 12.6 Å². The van der Waals surface area contributed by atoms with Crippen LogP contribution in [0.1, 0.15) is 113 Å². The fraction of sp³-hybridized carbons (Fsp3) is 1.00. The molecule has 34 heavy (non-hydrogen) atoms. The molecule has 1 unspecified atom stereocenters. The van der Waals surface area contributed by atoms with Gasteiger partial charge in [-0.3, -0.25) is 0 Å². The second kappa shape index (κ2) is 16.3. The van der Waals surface area contributed by atoms with Crippen molar-refractivity contribution in [3.63, 3.8) is 0 Å². The maximum Gasteiger partial charge on any atom is 0.429 e. The van der Waals surface area contributed by atoms with Gasteiger partial charge in [0.2, 0.25) is 0 Å². The van der Waals surface area contributed by atoms with Gasteiger partial charge in [-0.25, -0.2) is 0 Å². The molecule has 0 aromatic heterocycles. The lowest BCUT2D eigenvalue weighted by Crippen LogP contribution is -2.88. The molecule has 1 rings (SSSR count). The largest absolute Gasteiger partial charge is 0.429 e. The van der Waals surface area contributed by atoms with Gasteiger partial charge in [-0.2, -0.15) is 0 Å². The zero-order chi connectivity index (χ0) is 25.6. The quantitative estimate of drug-likeness (QED) is 0.123. The van der Waals surface area contributed by atoms with Crippen LogP contribution < -0.4 is 0 Å². The van der Waals surface area contributed by atoms with Gasteiger partial charge in [-0.1, -0.05) is 66.7 Å². The zero-order valence-corrected chi connectivity index (χ0v) is 26.8. The van der Waals surface area contributed by atoms with E-state index < -0.39 is 29.4 Å². The van der Waals surface area contributed by atoms with Gasteiger partial charge in [-0.05, 0) is 52.5 Å². The molecule has 0 bridgehead atoms. The monoisotopic (exact) mass is 536 g/mol. The number of hydrogen-bond acceptors (Lipinski definition) is 6. The second-order valence-corrected chi connectivity index (χ2v) is 27.5. The lowest BCUT2D eigenvalue weighted by molar-refractivity contribution is 0.0305. The summed E-state index contributed by atoms with van der Waals surface area (Å²) < 4.78 is 41.7. The normalized spacial score (nSPS) is 23.3. The van der Waals surface area contributed by atoms with Gasteiger partial charge in [-0.15, -0.1) is 0 Å². The maximum atomic E-state index is 7.01. The summed E-state index contributed by atoms with van der Waals surface area (Å²) in [4.78, 5) is 0. The number of hydrogen-bond donors (Lipinski definition) is 0. The Morgan fingerprint density at radius 1 is 0.588 bits per heavy atom. The summed E-state index contributed by atoms with van der Waals surface area (Å²) in [5, 5.41) is 0. The molecular formula is C25H56O6Si3. The van der Waals surface area contributed by atoms with Crippen LogP contribution >= 0.6 is 0 Å². The summed E-state index contributed by atoms with van der Waals surface area (Å²) in [6.07, 6.45) is 10.4. The van der Waals surface area contributed by atoms with Crippen molar-refractivity contribution in [2.75, 3.05) is 33.0 Å². The summed E-state index contributed by atoms with van der Waals surface area (Å²) in [6, 6.07) is 0.734. The maximum absolute atomic E-state index is 7.01. The summed E-state index contributed by atoms with van der Waals surface area (Å²) in [7, 11) is -9.04. The Morgan fingerprint density at radius 2 is 0.941 bits per heavy atom. The minimum absolute atomic E-state index is 0.392. The minimum atomic E-state index is -3.14. The Labute approximate surface area is 214 Å². The molecule has 1 heterocycles. The minimum Gasteiger partial charge on any atom is -0.394 e. The van der Waals surface area contributed by atoms with Crippen molar-refractivity contribution in [2.45, 2.75) is 131 Å². The highest BCUT2D eigenvalue weighted by atomic mass is 29.7. The topological polar surface area (TPSA) is 55.4 Å². The third-order valence-electron chi connectivity index (χ3n) is 6.38. The molecule has 0 saturated carbocycles. The molecule has 0 N–H and O–H groups in total. The highest BCUT2D eigenvalue weighted by Crippen LogP contribution is 2.47. The first-order chi connectivity index (χ1) is 16.2. The van der Waals surface area contributed by atoms with Crippen molar-refractivity contribution in [3.05, 3.63) is 0 Å². The molecule has 0 radical (unpaired) electrons. The van der Waals surface area contributed by atoms with E-state index in [1.807, 2.05) is 0 Å². The van der Waals surface area contributed by atoms with Crippen LogP contribution in [0.4, 0.5) is 0 Å². The van der Waals surface area contributed by atoms with Gasteiger partial charge in [0.15, 0.2) is 0 Å². The second-order valence-electron chi connectivity index (χ2n) is 10.4. The molecule has 1 fully saturated rings. The first kappa shape index (κ1) is 32.4. The van der Waals surface area contributed by atoms with Gasteiger partial charge in [0.1, 0.15) is 0 Å². The molecule has 0 amide bonds. The third kappa shape index (κ3) is 8.76. The van der Waals surface area contributed by atoms with Crippen LogP contribution in [0.25, 0.3) is 0 Å². The summed E-state index contributed by atoms with van der Waals surface area (Å²) in [6.45, 7) is 20.9. The van der Waals surface area contributed by atoms with Crippen LogP contribution in [0.15, 0.2) is 0 Å². The van der Waals surface area contributed by atoms with Crippen LogP contribution in [0.5, 0.6) is 0 Å². The molecule has 0 spiro atoms. The molecule has 0 aromatic carbocycles. The van der Waals surface area contributed by atoms with Crippen molar-refractivity contribution < 1.29 is 26.6 Å². The van der Waals surface area contributed by atoms with Gasteiger partial charge in [0.25, 0.3) is 0 Å². The van der Waals surface area contributed by atoms with Crippen molar-refractivity contribution >= 4 is 23.8 Å². The molecule has 0 aromatic rings. The fourth-order valence-corrected chi connectivity index (χ4v) is 33.8. The summed E-state index contributed by atoms with van der Waals surface area (Å²) >= 11 is 0. The average molecular weight is 537 g/mol. The van der Waals surface area contributed by atoms with E-state index in [1.54, 1.807) is 0 Å². The Hall–Kier alpha value is 0.411. The molecule has 1 aliphatic heterocycles. The van der Waals surface area contributed by atoms with Crippen LogP contribution in [0.3, 0.4) is 0 Å². The molecule has 9 heteroatoms. The van der Waals surface area contributed by atoms with Crippen molar-refractivity contribution in [1.82, 2.24) is 0 Å². The Bertz CT molecular complexity index is 517. The molecule has 1 atom stereocenters. The molecule has 1 aliphatic rings. The molecule has 1 saturated heterocycles. The third-order valence-corrected chi connectivity index (χ3v) is 32.1. The van der Waals surface area contributed by atoms with Crippen molar-refractivity contribution in [3.8, 4) is 0 Å². The average Bonchev–Trinajstić information content (AvgIpc) is 2.77. The van der Waals surface area contributed by atoms with Gasteiger partial charge in [0, 0.05) is 39.1 Å². The standard InChI is InChI=1S/C25H56O6Si3/c1-9-14-19-26-32(8)31-25(6,7)24-33(27-20-15-10-2,28-21-16-11-3)34(32,29-22-17-12-4)30-23-18-13-5/h9-24H2,1-8H3. The Morgan fingerprint density at radius 3 is 1.32 bits per heavy atom. The van der Waals surface area contributed by atoms with Crippen LogP contribution in [0, 0.1) is 0 Å². The first-order valence-electron chi connectivity index (χ1n) is 14.1. The SMILES string of the molecule is CCCCO[Si]1(C)OC(C)(C)C[Si](OCCCC)(OCCCC)[Si]1(OCCCC)OCCCC. The molecule has 204 valence electrons. The van der Waals surface area contributed by atoms with E-state index in [9.17, 15) is 0 Å². The predicted molar refractivity (Wildman–Crippen MR) is 147 cm³/mol. The highest BCUT2D eigenvalue weighted by molar-refractivity contribution is 7.60. The Kier molecular flexibility index (Phi) is 15.5. The lowest BCUT2D eigenvalue weighted by atomic mass is 10.2. The summed E-state index contributed by atoms with van der Waals surface area (Å²) in [5.41, 5.74) is -0.392.